The summed E-state index contributed by atoms with van der Waals surface area (Å²) in [6.45, 7) is 4.08. The number of rotatable bonds is 3. The molecule has 1 atom stereocenters. The van der Waals surface area contributed by atoms with Gasteiger partial charge in [-0.3, -0.25) is 14.7 Å². The van der Waals surface area contributed by atoms with Gasteiger partial charge in [0.05, 0.1) is 19.8 Å². The Balaban J connectivity index is 0.000000383. The minimum absolute atomic E-state index is 0.00937. The van der Waals surface area contributed by atoms with Crippen molar-refractivity contribution in [3.8, 4) is 0 Å². The van der Waals surface area contributed by atoms with Crippen molar-refractivity contribution in [1.29, 1.82) is 0 Å². The Hall–Kier alpha value is -3.02. The highest BCUT2D eigenvalue weighted by Gasteiger charge is 2.43. The molecule has 1 unspecified atom stereocenters. The number of halogens is 3. The molecule has 0 aliphatic carbocycles. The summed E-state index contributed by atoms with van der Waals surface area (Å²) < 4.78 is 43.6. The van der Waals surface area contributed by atoms with Crippen molar-refractivity contribution in [3.63, 3.8) is 0 Å². The summed E-state index contributed by atoms with van der Waals surface area (Å²) in [7, 11) is 0. The number of alkyl halides is 3. The average Bonchev–Trinajstić information content (AvgIpc) is 2.99. The zero-order valence-electron chi connectivity index (χ0n) is 17.7. The Labute approximate surface area is 188 Å². The van der Waals surface area contributed by atoms with Crippen LogP contribution in [-0.4, -0.2) is 78.1 Å². The number of ether oxygens (including phenoxy) is 2. The summed E-state index contributed by atoms with van der Waals surface area (Å²) in [5.74, 6) is -2.77. The fourth-order valence-electron chi connectivity index (χ4n) is 3.61. The van der Waals surface area contributed by atoms with Gasteiger partial charge in [0.15, 0.2) is 0 Å². The van der Waals surface area contributed by atoms with E-state index in [0.29, 0.717) is 19.8 Å². The second-order valence-corrected chi connectivity index (χ2v) is 7.71. The number of aliphatic carboxylic acids is 1. The highest BCUT2D eigenvalue weighted by molar-refractivity contribution is 5.95. The van der Waals surface area contributed by atoms with Crippen LogP contribution in [0.15, 0.2) is 54.9 Å². The molecule has 2 aliphatic rings. The molecule has 2 saturated heterocycles. The van der Waals surface area contributed by atoms with Crippen LogP contribution in [0.5, 0.6) is 0 Å². The number of morpholine rings is 1. The van der Waals surface area contributed by atoms with Crippen molar-refractivity contribution in [1.82, 2.24) is 9.88 Å². The maximum atomic E-state index is 12.4. The SMILES string of the molecule is O=C(O)C(F)(F)F.O=C1COC2(COCCN(Cc3cccnc3)C2)CN1c1ccccc1. The molecule has 1 N–H and O–H groups in total. The van der Waals surface area contributed by atoms with Crippen LogP contribution < -0.4 is 4.90 Å². The number of carboxylic acids is 1. The van der Waals surface area contributed by atoms with Crippen LogP contribution in [0.3, 0.4) is 0 Å². The molecule has 2 fully saturated rings. The third kappa shape index (κ3) is 6.98. The summed E-state index contributed by atoms with van der Waals surface area (Å²) in [5, 5.41) is 7.12. The van der Waals surface area contributed by atoms with Gasteiger partial charge in [0.25, 0.3) is 5.91 Å². The molecule has 1 aromatic carbocycles. The summed E-state index contributed by atoms with van der Waals surface area (Å²) >= 11 is 0. The largest absolute Gasteiger partial charge is 0.490 e. The lowest BCUT2D eigenvalue weighted by molar-refractivity contribution is -0.192. The molecule has 0 saturated carbocycles. The molecule has 2 aromatic rings. The van der Waals surface area contributed by atoms with Crippen LogP contribution >= 0.6 is 0 Å². The minimum atomic E-state index is -5.08. The van der Waals surface area contributed by atoms with E-state index in [1.54, 1.807) is 6.20 Å². The van der Waals surface area contributed by atoms with E-state index in [-0.39, 0.29) is 12.5 Å². The van der Waals surface area contributed by atoms with Crippen LogP contribution in [0.4, 0.5) is 18.9 Å². The number of amides is 1. The molecule has 3 heterocycles. The van der Waals surface area contributed by atoms with E-state index >= 15 is 0 Å². The number of hydrogen-bond donors (Lipinski definition) is 1. The summed E-state index contributed by atoms with van der Waals surface area (Å²) in [6, 6.07) is 13.8. The van der Waals surface area contributed by atoms with Crippen molar-refractivity contribution < 1.29 is 37.3 Å². The van der Waals surface area contributed by atoms with Gasteiger partial charge in [-0.1, -0.05) is 24.3 Å². The summed E-state index contributed by atoms with van der Waals surface area (Å²) in [4.78, 5) is 29.7. The summed E-state index contributed by atoms with van der Waals surface area (Å²) in [5.41, 5.74) is 1.56. The number of carboxylic acid groups (broad SMARTS) is 1. The molecule has 11 heteroatoms. The van der Waals surface area contributed by atoms with Crippen molar-refractivity contribution in [3.05, 3.63) is 60.4 Å². The van der Waals surface area contributed by atoms with Gasteiger partial charge in [0.1, 0.15) is 12.2 Å². The number of benzene rings is 1. The van der Waals surface area contributed by atoms with E-state index in [1.807, 2.05) is 47.5 Å². The van der Waals surface area contributed by atoms with E-state index in [1.165, 1.54) is 0 Å². The van der Waals surface area contributed by atoms with Crippen molar-refractivity contribution in [2.45, 2.75) is 18.3 Å². The van der Waals surface area contributed by atoms with E-state index in [9.17, 15) is 18.0 Å². The van der Waals surface area contributed by atoms with E-state index in [0.717, 1.165) is 30.9 Å². The first-order valence-corrected chi connectivity index (χ1v) is 10.2. The number of nitrogens with zero attached hydrogens (tertiary/aromatic N) is 3. The Morgan fingerprint density at radius 3 is 2.52 bits per heavy atom. The number of pyridine rings is 1. The molecule has 1 aromatic heterocycles. The maximum absolute atomic E-state index is 12.4. The van der Waals surface area contributed by atoms with Crippen LogP contribution in [0.25, 0.3) is 0 Å². The number of carbonyl (C=O) groups is 2. The third-order valence-electron chi connectivity index (χ3n) is 5.12. The minimum Gasteiger partial charge on any atom is -0.475 e. The lowest BCUT2D eigenvalue weighted by Crippen LogP contribution is -2.60. The van der Waals surface area contributed by atoms with Gasteiger partial charge in [0.2, 0.25) is 0 Å². The zero-order valence-corrected chi connectivity index (χ0v) is 17.7. The highest BCUT2D eigenvalue weighted by Crippen LogP contribution is 2.27. The predicted octanol–water partition coefficient (Wildman–Crippen LogP) is 2.35. The zero-order chi connectivity index (χ0) is 23.9. The number of carbonyl (C=O) groups excluding carboxylic acids is 1. The Morgan fingerprint density at radius 1 is 1.15 bits per heavy atom. The number of anilines is 1. The number of para-hydroxylation sites is 1. The summed E-state index contributed by atoms with van der Waals surface area (Å²) in [6.07, 6.45) is -1.41. The molecular formula is C22H24F3N3O5. The molecule has 178 valence electrons. The molecule has 4 rings (SSSR count). The standard InChI is InChI=1S/C20H23N3O3.C2HF3O2/c24-19-13-26-20(15-23(19)18-6-2-1-3-7-18)14-22(9-10-25-16-20)12-17-5-4-8-21-11-17;3-2(4,5)1(6)7/h1-8,11H,9-10,12-16H2;(H,6,7). The van der Waals surface area contributed by atoms with Crippen molar-refractivity contribution >= 4 is 17.6 Å². The van der Waals surface area contributed by atoms with Crippen LogP contribution in [0, 0.1) is 0 Å². The van der Waals surface area contributed by atoms with Gasteiger partial charge >= 0.3 is 12.1 Å². The monoisotopic (exact) mass is 467 g/mol. The van der Waals surface area contributed by atoms with E-state index in [2.05, 4.69) is 16.0 Å². The smallest absolute Gasteiger partial charge is 0.475 e. The fraction of sp³-hybridized carbons (Fsp3) is 0.409. The molecular weight excluding hydrogens is 443 g/mol. The normalized spacial score (nSPS) is 21.8. The van der Waals surface area contributed by atoms with E-state index in [4.69, 9.17) is 19.4 Å². The maximum Gasteiger partial charge on any atom is 0.490 e. The lowest BCUT2D eigenvalue weighted by Gasteiger charge is -2.43. The first kappa shape index (κ1) is 24.6. The lowest BCUT2D eigenvalue weighted by atomic mass is 10.0. The second-order valence-electron chi connectivity index (χ2n) is 7.71. The van der Waals surface area contributed by atoms with Crippen LogP contribution in [0.2, 0.25) is 0 Å². The van der Waals surface area contributed by atoms with Gasteiger partial charge in [-0.2, -0.15) is 13.2 Å². The van der Waals surface area contributed by atoms with Crippen LogP contribution in [-0.2, 0) is 25.6 Å². The molecule has 33 heavy (non-hydrogen) atoms. The quantitative estimate of drug-likeness (QED) is 0.741. The Morgan fingerprint density at radius 2 is 1.88 bits per heavy atom. The van der Waals surface area contributed by atoms with Gasteiger partial charge in [-0.15, -0.1) is 0 Å². The fourth-order valence-corrected chi connectivity index (χ4v) is 3.61. The van der Waals surface area contributed by atoms with Gasteiger partial charge in [-0.25, -0.2) is 4.79 Å². The van der Waals surface area contributed by atoms with Crippen molar-refractivity contribution in [2.75, 3.05) is 44.4 Å². The molecule has 1 spiro atoms. The van der Waals surface area contributed by atoms with Crippen LogP contribution in [0.1, 0.15) is 5.56 Å². The second kappa shape index (κ2) is 10.7. The molecule has 2 aliphatic heterocycles. The number of aromatic nitrogens is 1. The van der Waals surface area contributed by atoms with Gasteiger partial charge < -0.3 is 19.5 Å². The average molecular weight is 467 g/mol. The van der Waals surface area contributed by atoms with Crippen molar-refractivity contribution in [2.24, 2.45) is 0 Å². The Kier molecular flexibility index (Phi) is 8.01. The first-order chi connectivity index (χ1) is 15.7. The predicted molar refractivity (Wildman–Crippen MR) is 112 cm³/mol. The Bertz CT molecular complexity index is 930. The van der Waals surface area contributed by atoms with Gasteiger partial charge in [0, 0.05) is 37.7 Å². The molecule has 0 radical (unpaired) electrons. The van der Waals surface area contributed by atoms with E-state index < -0.39 is 17.7 Å². The molecule has 8 nitrogen and oxygen atoms in total. The molecule has 1 amide bonds. The molecule has 0 bridgehead atoms. The topological polar surface area (TPSA) is 92.2 Å². The van der Waals surface area contributed by atoms with Gasteiger partial charge in [-0.05, 0) is 23.8 Å². The number of hydrogen-bond acceptors (Lipinski definition) is 6. The third-order valence-corrected chi connectivity index (χ3v) is 5.12. The highest BCUT2D eigenvalue weighted by atomic mass is 19.4. The first-order valence-electron chi connectivity index (χ1n) is 10.2.